The van der Waals surface area contributed by atoms with E-state index in [1.807, 2.05) is 0 Å². The first-order valence-corrected chi connectivity index (χ1v) is 14.0. The maximum atomic E-state index is 14.9. The van der Waals surface area contributed by atoms with Gasteiger partial charge in [-0.1, -0.05) is 31.9 Å². The molecule has 0 bridgehead atoms. The van der Waals surface area contributed by atoms with E-state index in [2.05, 4.69) is 23.8 Å². The molecular formula is C31H35F7O2. The molecule has 0 aliphatic heterocycles. The van der Waals surface area contributed by atoms with Crippen LogP contribution in [0.2, 0.25) is 0 Å². The summed E-state index contributed by atoms with van der Waals surface area (Å²) in [5, 5.41) is 0. The average molecular weight is 573 g/mol. The Morgan fingerprint density at radius 1 is 0.700 bits per heavy atom. The standard InChI is InChI=1S/C31H35F7O2/c1-2-3-20-4-6-21(7-5-20)8-9-22-10-12-23(13-11-22)30(35,36)39-24-14-16-26(28(33)18-24)31(37,38)40-25-15-17-27(32)29(34)19-25/h8-9,14-23H,2-7,10-13H2,1H3. The minimum Gasteiger partial charge on any atom is -0.432 e. The fraction of sp³-hybridized carbons (Fsp3) is 0.548. The number of hydrogen-bond donors (Lipinski definition) is 0. The molecule has 2 aromatic rings. The smallest absolute Gasteiger partial charge is 0.429 e. The molecule has 40 heavy (non-hydrogen) atoms. The van der Waals surface area contributed by atoms with E-state index >= 15 is 0 Å². The second-order valence-corrected chi connectivity index (χ2v) is 11.1. The van der Waals surface area contributed by atoms with E-state index in [0.717, 1.165) is 18.1 Å². The highest BCUT2D eigenvalue weighted by atomic mass is 19.3. The molecule has 0 unspecified atom stereocenters. The van der Waals surface area contributed by atoms with Crippen LogP contribution in [0.1, 0.15) is 76.7 Å². The quantitative estimate of drug-likeness (QED) is 0.208. The zero-order chi connectivity index (χ0) is 28.9. The van der Waals surface area contributed by atoms with E-state index in [-0.39, 0.29) is 18.8 Å². The van der Waals surface area contributed by atoms with Gasteiger partial charge in [0.05, 0.1) is 5.92 Å². The van der Waals surface area contributed by atoms with Gasteiger partial charge in [0.2, 0.25) is 0 Å². The minimum absolute atomic E-state index is 0.228. The molecule has 4 rings (SSSR count). The topological polar surface area (TPSA) is 18.5 Å². The molecule has 0 radical (unpaired) electrons. The summed E-state index contributed by atoms with van der Waals surface area (Å²) >= 11 is 0. The maximum absolute atomic E-state index is 14.9. The van der Waals surface area contributed by atoms with E-state index in [9.17, 15) is 30.7 Å². The van der Waals surface area contributed by atoms with Crippen LogP contribution in [0.3, 0.4) is 0 Å². The predicted octanol–water partition coefficient (Wildman–Crippen LogP) is 10.2. The Kier molecular flexibility index (Phi) is 9.72. The van der Waals surface area contributed by atoms with Crippen molar-refractivity contribution in [3.63, 3.8) is 0 Å². The lowest BCUT2D eigenvalue weighted by molar-refractivity contribution is -0.223. The van der Waals surface area contributed by atoms with Crippen molar-refractivity contribution in [2.24, 2.45) is 23.7 Å². The Balaban J connectivity index is 1.30. The first kappa shape index (κ1) is 30.3. The Hall–Kier alpha value is -2.71. The minimum atomic E-state index is -4.28. The molecule has 0 aromatic heterocycles. The average Bonchev–Trinajstić information content (AvgIpc) is 2.90. The van der Waals surface area contributed by atoms with Crippen LogP contribution >= 0.6 is 0 Å². The lowest BCUT2D eigenvalue weighted by Crippen LogP contribution is -2.37. The zero-order valence-electron chi connectivity index (χ0n) is 22.5. The predicted molar refractivity (Wildman–Crippen MR) is 138 cm³/mol. The molecule has 2 saturated carbocycles. The summed E-state index contributed by atoms with van der Waals surface area (Å²) in [6.45, 7) is 2.21. The fourth-order valence-corrected chi connectivity index (χ4v) is 5.82. The van der Waals surface area contributed by atoms with Crippen LogP contribution in [-0.2, 0) is 6.11 Å². The van der Waals surface area contributed by atoms with Crippen LogP contribution in [0, 0.1) is 41.1 Å². The Bertz CT molecular complexity index is 1150. The van der Waals surface area contributed by atoms with E-state index in [4.69, 9.17) is 4.74 Å². The molecule has 0 amide bonds. The van der Waals surface area contributed by atoms with Crippen molar-refractivity contribution in [1.29, 1.82) is 0 Å². The van der Waals surface area contributed by atoms with Gasteiger partial charge in [0.15, 0.2) is 11.6 Å². The molecule has 2 fully saturated rings. The summed E-state index contributed by atoms with van der Waals surface area (Å²) in [6.07, 6.45) is 5.55. The number of hydrogen-bond acceptors (Lipinski definition) is 2. The van der Waals surface area contributed by atoms with Gasteiger partial charge in [-0.2, -0.15) is 17.6 Å². The van der Waals surface area contributed by atoms with Gasteiger partial charge in [0, 0.05) is 12.1 Å². The lowest BCUT2D eigenvalue weighted by Gasteiger charge is -2.33. The highest BCUT2D eigenvalue weighted by Gasteiger charge is 2.44. The van der Waals surface area contributed by atoms with Crippen LogP contribution in [0.4, 0.5) is 30.7 Å². The fourth-order valence-electron chi connectivity index (χ4n) is 5.82. The first-order valence-electron chi connectivity index (χ1n) is 14.0. The summed E-state index contributed by atoms with van der Waals surface area (Å²) < 4.78 is 109. The number of alkyl halides is 4. The first-order chi connectivity index (χ1) is 19.0. The normalized spacial score (nSPS) is 24.3. The largest absolute Gasteiger partial charge is 0.432 e. The van der Waals surface area contributed by atoms with E-state index in [0.29, 0.717) is 43.0 Å². The summed E-state index contributed by atoms with van der Waals surface area (Å²) in [5.41, 5.74) is -1.26. The molecular weight excluding hydrogens is 537 g/mol. The number of rotatable bonds is 10. The third kappa shape index (κ3) is 7.72. The molecule has 220 valence electrons. The van der Waals surface area contributed by atoms with Crippen molar-refractivity contribution in [2.45, 2.75) is 83.3 Å². The molecule has 0 spiro atoms. The number of allylic oxidation sites excluding steroid dienone is 2. The third-order valence-electron chi connectivity index (χ3n) is 8.14. The van der Waals surface area contributed by atoms with Gasteiger partial charge in [0.25, 0.3) is 0 Å². The molecule has 0 heterocycles. The highest BCUT2D eigenvalue weighted by Crippen LogP contribution is 2.42. The van der Waals surface area contributed by atoms with Crippen molar-refractivity contribution in [1.82, 2.24) is 0 Å². The SMILES string of the molecule is CCCC1CCC(C=CC2CCC(C(F)(F)Oc3ccc(C(F)(F)Oc4ccc(F)c(F)c4)c(F)c3)CC2)CC1. The van der Waals surface area contributed by atoms with Crippen molar-refractivity contribution in [2.75, 3.05) is 0 Å². The van der Waals surface area contributed by atoms with Gasteiger partial charge < -0.3 is 9.47 Å². The van der Waals surface area contributed by atoms with Gasteiger partial charge in [-0.3, -0.25) is 0 Å². The Morgan fingerprint density at radius 2 is 1.25 bits per heavy atom. The van der Waals surface area contributed by atoms with Gasteiger partial charge in [-0.25, -0.2) is 13.2 Å². The molecule has 9 heteroatoms. The van der Waals surface area contributed by atoms with Crippen molar-refractivity contribution in [3.8, 4) is 11.5 Å². The highest BCUT2D eigenvalue weighted by molar-refractivity contribution is 5.32. The van der Waals surface area contributed by atoms with E-state index < -0.39 is 52.6 Å². The van der Waals surface area contributed by atoms with E-state index in [1.54, 1.807) is 0 Å². The molecule has 2 aliphatic rings. The summed E-state index contributed by atoms with van der Waals surface area (Å²) in [4.78, 5) is 0. The van der Waals surface area contributed by atoms with Crippen molar-refractivity contribution >= 4 is 0 Å². The van der Waals surface area contributed by atoms with Crippen LogP contribution in [0.25, 0.3) is 0 Å². The number of ether oxygens (including phenoxy) is 2. The molecule has 0 N–H and O–H groups in total. The summed E-state index contributed by atoms with van der Waals surface area (Å²) in [7, 11) is 0. The van der Waals surface area contributed by atoms with Gasteiger partial charge >= 0.3 is 12.2 Å². The molecule has 2 aliphatic carbocycles. The monoisotopic (exact) mass is 572 g/mol. The zero-order valence-corrected chi connectivity index (χ0v) is 22.5. The van der Waals surface area contributed by atoms with Crippen LogP contribution in [-0.4, -0.2) is 6.11 Å². The van der Waals surface area contributed by atoms with Crippen LogP contribution in [0.5, 0.6) is 11.5 Å². The van der Waals surface area contributed by atoms with E-state index in [1.165, 1.54) is 38.5 Å². The van der Waals surface area contributed by atoms with Crippen LogP contribution in [0.15, 0.2) is 48.6 Å². The molecule has 0 saturated heterocycles. The molecule has 2 aromatic carbocycles. The third-order valence-corrected chi connectivity index (χ3v) is 8.14. The summed E-state index contributed by atoms with van der Waals surface area (Å²) in [6, 6.07) is 3.54. The van der Waals surface area contributed by atoms with Gasteiger partial charge in [-0.15, -0.1) is 0 Å². The molecule has 0 atom stereocenters. The van der Waals surface area contributed by atoms with Crippen molar-refractivity contribution in [3.05, 3.63) is 71.6 Å². The summed E-state index contributed by atoms with van der Waals surface area (Å²) in [5.74, 6) is -5.04. The molecule has 2 nitrogen and oxygen atoms in total. The van der Waals surface area contributed by atoms with Crippen LogP contribution < -0.4 is 9.47 Å². The second-order valence-electron chi connectivity index (χ2n) is 11.1. The van der Waals surface area contributed by atoms with Crippen molar-refractivity contribution < 1.29 is 40.2 Å². The number of halogens is 7. The maximum Gasteiger partial charge on any atom is 0.429 e. The van der Waals surface area contributed by atoms with Gasteiger partial charge in [0.1, 0.15) is 22.9 Å². The van der Waals surface area contributed by atoms with Gasteiger partial charge in [-0.05, 0) is 93.4 Å². The second kappa shape index (κ2) is 12.9. The Labute approximate surface area is 230 Å². The lowest BCUT2D eigenvalue weighted by atomic mass is 9.78. The Morgan fingerprint density at radius 3 is 1.82 bits per heavy atom. The number of benzene rings is 2.